The smallest absolute Gasteiger partial charge is 0.182 e. The van der Waals surface area contributed by atoms with E-state index in [1.807, 2.05) is 0 Å². The average Bonchev–Trinajstić information content (AvgIpc) is 3.06. The molecule has 0 spiro atoms. The Morgan fingerprint density at radius 2 is 1.57 bits per heavy atom. The maximum Gasteiger partial charge on any atom is 0.182 e. The molecule has 4 saturated carbocycles. The van der Waals surface area contributed by atoms with E-state index < -0.39 is 6.29 Å². The molecule has 5 aliphatic rings. The molecule has 4 fully saturated rings. The number of hydrogen-bond donors (Lipinski definition) is 1. The second-order valence-corrected chi connectivity index (χ2v) is 12.6. The fraction of sp³-hybridized carbons (Fsp3) is 0.923. The second kappa shape index (κ2) is 8.50. The minimum atomic E-state index is -0.940. The van der Waals surface area contributed by atoms with Crippen LogP contribution in [0.25, 0.3) is 0 Å². The monoisotopic (exact) mass is 420 g/mol. The summed E-state index contributed by atoms with van der Waals surface area (Å²) < 4.78 is 6.16. The zero-order valence-corrected chi connectivity index (χ0v) is 19.9. The molecule has 0 radical (unpaired) electrons. The summed E-state index contributed by atoms with van der Waals surface area (Å²) in [6, 6.07) is 0. The van der Waals surface area contributed by atoms with Gasteiger partial charge in [-0.05, 0) is 99.7 Å². The fourth-order valence-electron chi connectivity index (χ4n) is 7.32. The first-order chi connectivity index (χ1) is 14.1. The van der Waals surface area contributed by atoms with Crippen LogP contribution in [0.2, 0.25) is 0 Å². The fourth-order valence-corrected chi connectivity index (χ4v) is 7.32. The first kappa shape index (κ1) is 22.8. The van der Waals surface area contributed by atoms with E-state index in [0.717, 1.165) is 24.2 Å². The van der Waals surface area contributed by atoms with Gasteiger partial charge >= 0.3 is 0 Å². The van der Waals surface area contributed by atoms with Gasteiger partial charge in [0.2, 0.25) is 0 Å². The first-order valence-electron chi connectivity index (χ1n) is 12.3. The van der Waals surface area contributed by atoms with E-state index in [9.17, 15) is 5.11 Å². The number of allylic oxidation sites excluding steroid dienone is 1. The van der Waals surface area contributed by atoms with E-state index in [1.54, 1.807) is 0 Å². The van der Waals surface area contributed by atoms with Gasteiger partial charge in [-0.1, -0.05) is 32.9 Å². The largest absolute Gasteiger partial charge is 0.366 e. The highest BCUT2D eigenvalue weighted by Crippen LogP contribution is 2.68. The molecule has 30 heavy (non-hydrogen) atoms. The summed E-state index contributed by atoms with van der Waals surface area (Å²) in [6.45, 7) is 11.9. The SMILES string of the molecule is CC(C)(C)C[C@H]1C=C[C@@H](COOC[C@@H](O)OC(C)(C)C23CC4CC(C2)[C@@H](C4)C3)CC1. The molecule has 4 bridgehead atoms. The van der Waals surface area contributed by atoms with E-state index in [-0.39, 0.29) is 17.6 Å². The molecule has 0 aliphatic heterocycles. The lowest BCUT2D eigenvalue weighted by molar-refractivity contribution is -0.341. The molecule has 0 aromatic rings. The number of ether oxygens (including phenoxy) is 1. The molecule has 7 atom stereocenters. The summed E-state index contributed by atoms with van der Waals surface area (Å²) in [4.78, 5) is 10.8. The molecule has 4 heteroatoms. The summed E-state index contributed by atoms with van der Waals surface area (Å²) in [6.07, 6.45) is 13.9. The molecule has 4 nitrogen and oxygen atoms in total. The summed E-state index contributed by atoms with van der Waals surface area (Å²) in [7, 11) is 0. The number of rotatable bonds is 9. The third-order valence-corrected chi connectivity index (χ3v) is 8.65. The average molecular weight is 421 g/mol. The molecular weight excluding hydrogens is 376 g/mol. The van der Waals surface area contributed by atoms with Crippen LogP contribution in [0.3, 0.4) is 0 Å². The van der Waals surface area contributed by atoms with Crippen molar-refractivity contribution < 1.29 is 19.6 Å². The Bertz CT molecular complexity index is 600. The van der Waals surface area contributed by atoms with Gasteiger partial charge in [-0.25, -0.2) is 9.78 Å². The zero-order chi connectivity index (χ0) is 21.6. The molecule has 5 rings (SSSR count). The lowest BCUT2D eigenvalue weighted by Gasteiger charge is -2.50. The van der Waals surface area contributed by atoms with Crippen molar-refractivity contribution >= 4 is 0 Å². The molecule has 0 heterocycles. The van der Waals surface area contributed by atoms with Crippen LogP contribution in [0, 0.1) is 40.4 Å². The van der Waals surface area contributed by atoms with E-state index in [4.69, 9.17) is 14.5 Å². The van der Waals surface area contributed by atoms with Gasteiger partial charge < -0.3 is 9.84 Å². The van der Waals surface area contributed by atoms with Gasteiger partial charge in [0, 0.05) is 5.92 Å². The maximum atomic E-state index is 10.5. The Labute approximate surface area is 183 Å². The summed E-state index contributed by atoms with van der Waals surface area (Å²) in [5.74, 6) is 3.76. The minimum absolute atomic E-state index is 0.0683. The molecule has 0 aromatic heterocycles. The normalized spacial score (nSPS) is 39.1. The molecule has 0 aromatic carbocycles. The van der Waals surface area contributed by atoms with Crippen LogP contribution in [-0.2, 0) is 14.5 Å². The standard InChI is InChI=1S/C26H44O4/c1-24(2,3)12-18-6-8-19(9-7-18)16-28-29-17-23(27)30-25(4,5)26-13-20-10-21(14-26)22(11-20)15-26/h6,8,18-23,27H,7,9-17H2,1-5H3/t18-,19+,20?,21-,22?,23-,26?/m0/s1. The molecule has 0 amide bonds. The highest BCUT2D eigenvalue weighted by Gasteiger charge is 2.62. The Kier molecular flexibility index (Phi) is 6.45. The summed E-state index contributed by atoms with van der Waals surface area (Å²) in [5.41, 5.74) is 0.292. The minimum Gasteiger partial charge on any atom is -0.366 e. The van der Waals surface area contributed by atoms with Gasteiger partial charge in [0.25, 0.3) is 0 Å². The van der Waals surface area contributed by atoms with Crippen molar-refractivity contribution in [3.05, 3.63) is 12.2 Å². The lowest BCUT2D eigenvalue weighted by Crippen LogP contribution is -2.50. The van der Waals surface area contributed by atoms with Gasteiger partial charge in [0.15, 0.2) is 6.29 Å². The van der Waals surface area contributed by atoms with Crippen molar-refractivity contribution in [1.82, 2.24) is 0 Å². The highest BCUT2D eigenvalue weighted by atomic mass is 17.2. The summed E-state index contributed by atoms with van der Waals surface area (Å²) >= 11 is 0. The third kappa shape index (κ3) is 4.98. The molecular formula is C26H44O4. The second-order valence-electron chi connectivity index (χ2n) is 12.6. The Morgan fingerprint density at radius 1 is 0.933 bits per heavy atom. The number of aliphatic hydroxyl groups is 1. The van der Waals surface area contributed by atoms with Crippen molar-refractivity contribution in [3.8, 4) is 0 Å². The predicted octanol–water partition coefficient (Wildman–Crippen LogP) is 5.89. The number of aliphatic hydroxyl groups excluding tert-OH is 1. The Morgan fingerprint density at radius 3 is 2.13 bits per heavy atom. The van der Waals surface area contributed by atoms with Crippen LogP contribution >= 0.6 is 0 Å². The van der Waals surface area contributed by atoms with E-state index >= 15 is 0 Å². The van der Waals surface area contributed by atoms with Crippen LogP contribution in [0.4, 0.5) is 0 Å². The highest BCUT2D eigenvalue weighted by molar-refractivity contribution is 5.11. The molecule has 3 unspecified atom stereocenters. The van der Waals surface area contributed by atoms with Gasteiger partial charge in [-0.2, -0.15) is 0 Å². The predicted molar refractivity (Wildman–Crippen MR) is 118 cm³/mol. The maximum absolute atomic E-state index is 10.5. The molecule has 5 aliphatic carbocycles. The van der Waals surface area contributed by atoms with E-state index in [0.29, 0.717) is 23.9 Å². The zero-order valence-electron chi connectivity index (χ0n) is 19.9. The summed E-state index contributed by atoms with van der Waals surface area (Å²) in [5, 5.41) is 10.5. The molecule has 1 N–H and O–H groups in total. The van der Waals surface area contributed by atoms with Gasteiger partial charge in [-0.15, -0.1) is 0 Å². The van der Waals surface area contributed by atoms with Gasteiger partial charge in [0.1, 0.15) is 6.61 Å². The molecule has 172 valence electrons. The first-order valence-corrected chi connectivity index (χ1v) is 12.3. The van der Waals surface area contributed by atoms with Crippen LogP contribution in [0.5, 0.6) is 0 Å². The van der Waals surface area contributed by atoms with Crippen molar-refractivity contribution in [2.24, 2.45) is 40.4 Å². The van der Waals surface area contributed by atoms with Crippen LogP contribution in [0.1, 0.15) is 86.0 Å². The van der Waals surface area contributed by atoms with Crippen molar-refractivity contribution in [3.63, 3.8) is 0 Å². The molecule has 0 saturated heterocycles. The lowest BCUT2D eigenvalue weighted by atomic mass is 9.61. The van der Waals surface area contributed by atoms with Crippen molar-refractivity contribution in [2.45, 2.75) is 97.9 Å². The van der Waals surface area contributed by atoms with Crippen LogP contribution < -0.4 is 0 Å². The van der Waals surface area contributed by atoms with Gasteiger partial charge in [-0.3, -0.25) is 0 Å². The number of hydrogen-bond acceptors (Lipinski definition) is 4. The topological polar surface area (TPSA) is 47.9 Å². The quantitative estimate of drug-likeness (QED) is 0.166. The van der Waals surface area contributed by atoms with E-state index in [2.05, 4.69) is 46.8 Å². The Hall–Kier alpha value is -0.420. The van der Waals surface area contributed by atoms with Gasteiger partial charge in [0.05, 0.1) is 12.2 Å². The van der Waals surface area contributed by atoms with Crippen molar-refractivity contribution in [1.29, 1.82) is 0 Å². The Balaban J connectivity index is 1.16. The third-order valence-electron chi connectivity index (χ3n) is 8.65. The van der Waals surface area contributed by atoms with Crippen LogP contribution in [0.15, 0.2) is 12.2 Å². The van der Waals surface area contributed by atoms with Crippen molar-refractivity contribution in [2.75, 3.05) is 13.2 Å². The van der Waals surface area contributed by atoms with Crippen LogP contribution in [-0.4, -0.2) is 30.2 Å². The van der Waals surface area contributed by atoms with E-state index in [1.165, 1.54) is 44.9 Å².